The summed E-state index contributed by atoms with van der Waals surface area (Å²) in [7, 11) is 0. The fourth-order valence-electron chi connectivity index (χ4n) is 2.59. The van der Waals surface area contributed by atoms with Crippen LogP contribution in [0.15, 0.2) is 24.3 Å². The first-order valence-electron chi connectivity index (χ1n) is 8.07. The highest BCUT2D eigenvalue weighted by Crippen LogP contribution is 2.23. The summed E-state index contributed by atoms with van der Waals surface area (Å²) in [6, 6.07) is 7.88. The lowest BCUT2D eigenvalue weighted by atomic mass is 9.99. The van der Waals surface area contributed by atoms with Crippen LogP contribution in [-0.4, -0.2) is 36.9 Å². The molecule has 0 aliphatic carbocycles. The first kappa shape index (κ1) is 16.6. The van der Waals surface area contributed by atoms with Gasteiger partial charge in [-0.3, -0.25) is 0 Å². The normalized spacial score (nSPS) is 17.1. The minimum absolute atomic E-state index is 0.0590. The number of hydrogen-bond donors (Lipinski definition) is 3. The summed E-state index contributed by atoms with van der Waals surface area (Å²) in [4.78, 5) is 14.0. The van der Waals surface area contributed by atoms with Crippen molar-refractivity contribution in [3.8, 4) is 0 Å². The third kappa shape index (κ3) is 4.91. The number of carbonyl (C=O) groups is 1. The molecule has 1 unspecified atom stereocenters. The maximum Gasteiger partial charge on any atom is 0.315 e. The molecular weight excluding hydrogens is 278 g/mol. The molecule has 2 amide bonds. The molecule has 1 aliphatic rings. The van der Waals surface area contributed by atoms with Gasteiger partial charge in [0, 0.05) is 25.3 Å². The summed E-state index contributed by atoms with van der Waals surface area (Å²) in [6.45, 7) is 6.75. The number of aliphatic hydroxyl groups is 1. The number of benzene rings is 1. The van der Waals surface area contributed by atoms with E-state index in [9.17, 15) is 4.79 Å². The van der Waals surface area contributed by atoms with Crippen LogP contribution in [0.1, 0.15) is 32.3 Å². The van der Waals surface area contributed by atoms with Gasteiger partial charge in [0.25, 0.3) is 0 Å². The summed E-state index contributed by atoms with van der Waals surface area (Å²) < 4.78 is 0. The Hall–Kier alpha value is -1.75. The summed E-state index contributed by atoms with van der Waals surface area (Å²) in [5.74, 6) is 0.833. The summed E-state index contributed by atoms with van der Waals surface area (Å²) >= 11 is 0. The molecule has 0 spiro atoms. The van der Waals surface area contributed by atoms with E-state index in [0.717, 1.165) is 24.6 Å². The molecular formula is C17H27N3O2. The van der Waals surface area contributed by atoms with E-state index >= 15 is 0 Å². The van der Waals surface area contributed by atoms with Crippen LogP contribution >= 0.6 is 0 Å². The van der Waals surface area contributed by atoms with Gasteiger partial charge in [0.05, 0.1) is 12.6 Å². The lowest BCUT2D eigenvalue weighted by Gasteiger charge is -2.32. The number of amides is 2. The van der Waals surface area contributed by atoms with Crippen LogP contribution in [0.25, 0.3) is 0 Å². The van der Waals surface area contributed by atoms with Crippen LogP contribution in [0.3, 0.4) is 0 Å². The third-order valence-corrected chi connectivity index (χ3v) is 4.19. The number of anilines is 1. The molecule has 0 saturated carbocycles. The average molecular weight is 305 g/mol. The molecule has 0 bridgehead atoms. The van der Waals surface area contributed by atoms with Crippen LogP contribution in [0, 0.1) is 5.92 Å². The number of carbonyl (C=O) groups excluding carboxylic acids is 1. The van der Waals surface area contributed by atoms with E-state index in [1.54, 1.807) is 6.92 Å². The minimum atomic E-state index is -0.254. The molecule has 1 atom stereocenters. The Morgan fingerprint density at radius 2 is 1.95 bits per heavy atom. The van der Waals surface area contributed by atoms with Crippen LogP contribution in [0.5, 0.6) is 0 Å². The zero-order chi connectivity index (χ0) is 15.9. The molecule has 0 radical (unpaired) electrons. The van der Waals surface area contributed by atoms with Gasteiger partial charge >= 0.3 is 6.03 Å². The van der Waals surface area contributed by atoms with Gasteiger partial charge in [-0.15, -0.1) is 0 Å². The standard InChI is InChI=1S/C17H27N3O2/c1-13-7-9-20(10-8-13)16-5-3-15(4-6-16)11-18-17(22)19-14(2)12-21/h3-6,13-14,21H,7-12H2,1-2H3,(H2,18,19,22). The molecule has 5 heteroatoms. The van der Waals surface area contributed by atoms with E-state index in [0.29, 0.717) is 6.54 Å². The van der Waals surface area contributed by atoms with Crippen LogP contribution in [-0.2, 0) is 6.54 Å². The van der Waals surface area contributed by atoms with Crippen molar-refractivity contribution in [1.82, 2.24) is 10.6 Å². The molecule has 122 valence electrons. The summed E-state index contributed by atoms with van der Waals surface area (Å²) in [5.41, 5.74) is 2.33. The Morgan fingerprint density at radius 3 is 2.55 bits per heavy atom. The first-order chi connectivity index (χ1) is 10.6. The van der Waals surface area contributed by atoms with Crippen LogP contribution < -0.4 is 15.5 Å². The number of urea groups is 1. The number of nitrogens with zero attached hydrogens (tertiary/aromatic N) is 1. The highest BCUT2D eigenvalue weighted by atomic mass is 16.3. The van der Waals surface area contributed by atoms with Crippen molar-refractivity contribution in [3.63, 3.8) is 0 Å². The van der Waals surface area contributed by atoms with Gasteiger partial charge in [0.2, 0.25) is 0 Å². The molecule has 2 rings (SSSR count). The molecule has 1 saturated heterocycles. The quantitative estimate of drug-likeness (QED) is 0.780. The number of hydrogen-bond acceptors (Lipinski definition) is 3. The summed E-state index contributed by atoms with van der Waals surface area (Å²) in [5, 5.41) is 14.3. The Kier molecular flexibility index (Phi) is 6.07. The predicted octanol–water partition coefficient (Wildman–Crippen LogP) is 2.10. The molecule has 0 aromatic heterocycles. The minimum Gasteiger partial charge on any atom is -0.394 e. The van der Waals surface area contributed by atoms with Crippen molar-refractivity contribution in [2.75, 3.05) is 24.6 Å². The largest absolute Gasteiger partial charge is 0.394 e. The molecule has 1 aliphatic heterocycles. The molecule has 22 heavy (non-hydrogen) atoms. The smallest absolute Gasteiger partial charge is 0.315 e. The predicted molar refractivity (Wildman–Crippen MR) is 89.0 cm³/mol. The SMILES string of the molecule is CC1CCN(c2ccc(CNC(=O)NC(C)CO)cc2)CC1. The monoisotopic (exact) mass is 305 g/mol. The van der Waals surface area contributed by atoms with E-state index < -0.39 is 0 Å². The van der Waals surface area contributed by atoms with Crippen molar-refractivity contribution < 1.29 is 9.90 Å². The van der Waals surface area contributed by atoms with Crippen molar-refractivity contribution in [2.45, 2.75) is 39.3 Å². The Labute approximate surface area is 132 Å². The van der Waals surface area contributed by atoms with E-state index in [4.69, 9.17) is 5.11 Å². The van der Waals surface area contributed by atoms with Crippen LogP contribution in [0.4, 0.5) is 10.5 Å². The fraction of sp³-hybridized carbons (Fsp3) is 0.588. The van der Waals surface area contributed by atoms with Gasteiger partial charge in [0.15, 0.2) is 0 Å². The Balaban J connectivity index is 1.80. The van der Waals surface area contributed by atoms with Gasteiger partial charge < -0.3 is 20.6 Å². The first-order valence-corrected chi connectivity index (χ1v) is 8.07. The van der Waals surface area contributed by atoms with E-state index in [2.05, 4.69) is 46.7 Å². The molecule has 5 nitrogen and oxygen atoms in total. The third-order valence-electron chi connectivity index (χ3n) is 4.19. The lowest BCUT2D eigenvalue weighted by molar-refractivity contribution is 0.220. The second-order valence-corrected chi connectivity index (χ2v) is 6.25. The van der Waals surface area contributed by atoms with Crippen molar-refractivity contribution in [2.24, 2.45) is 5.92 Å². The van der Waals surface area contributed by atoms with Gasteiger partial charge in [-0.1, -0.05) is 19.1 Å². The molecule has 1 aromatic rings. The van der Waals surface area contributed by atoms with Crippen molar-refractivity contribution in [1.29, 1.82) is 0 Å². The second kappa shape index (κ2) is 8.03. The second-order valence-electron chi connectivity index (χ2n) is 6.25. The van der Waals surface area contributed by atoms with Gasteiger partial charge in [0.1, 0.15) is 0 Å². The highest BCUT2D eigenvalue weighted by Gasteiger charge is 2.15. The zero-order valence-electron chi connectivity index (χ0n) is 13.5. The van der Waals surface area contributed by atoms with E-state index in [-0.39, 0.29) is 18.7 Å². The highest BCUT2D eigenvalue weighted by molar-refractivity contribution is 5.74. The Morgan fingerprint density at radius 1 is 1.32 bits per heavy atom. The van der Waals surface area contributed by atoms with Crippen molar-refractivity contribution >= 4 is 11.7 Å². The van der Waals surface area contributed by atoms with Crippen LogP contribution in [0.2, 0.25) is 0 Å². The summed E-state index contributed by atoms with van der Waals surface area (Å²) in [6.07, 6.45) is 2.51. The van der Waals surface area contributed by atoms with Gasteiger partial charge in [-0.05, 0) is 43.4 Å². The Bertz CT molecular complexity index is 467. The maximum absolute atomic E-state index is 11.6. The molecule has 3 N–H and O–H groups in total. The lowest BCUT2D eigenvalue weighted by Crippen LogP contribution is -2.41. The fourth-order valence-corrected chi connectivity index (χ4v) is 2.59. The zero-order valence-corrected chi connectivity index (χ0v) is 13.5. The average Bonchev–Trinajstić information content (AvgIpc) is 2.54. The van der Waals surface area contributed by atoms with Gasteiger partial charge in [-0.2, -0.15) is 0 Å². The number of aliphatic hydroxyl groups excluding tert-OH is 1. The van der Waals surface area contributed by atoms with E-state index in [1.807, 2.05) is 0 Å². The maximum atomic E-state index is 11.6. The molecule has 1 fully saturated rings. The van der Waals surface area contributed by atoms with Crippen molar-refractivity contribution in [3.05, 3.63) is 29.8 Å². The topological polar surface area (TPSA) is 64.6 Å². The molecule has 1 heterocycles. The van der Waals surface area contributed by atoms with Gasteiger partial charge in [-0.25, -0.2) is 4.79 Å². The molecule has 1 aromatic carbocycles. The number of rotatable bonds is 5. The van der Waals surface area contributed by atoms with E-state index in [1.165, 1.54) is 18.5 Å². The number of nitrogens with one attached hydrogen (secondary N) is 2. The number of piperidine rings is 1.